The number of ether oxygens (including phenoxy) is 1. The van der Waals surface area contributed by atoms with E-state index in [2.05, 4.69) is 5.32 Å². The van der Waals surface area contributed by atoms with Crippen molar-refractivity contribution in [3.05, 3.63) is 35.9 Å². The van der Waals surface area contributed by atoms with Crippen molar-refractivity contribution >= 4 is 18.3 Å². The zero-order chi connectivity index (χ0) is 15.1. The lowest BCUT2D eigenvalue weighted by Gasteiger charge is -2.19. The van der Waals surface area contributed by atoms with Crippen LogP contribution in [0.2, 0.25) is 0 Å². The molecule has 0 bridgehead atoms. The van der Waals surface area contributed by atoms with Crippen LogP contribution in [0.5, 0.6) is 0 Å². The van der Waals surface area contributed by atoms with E-state index in [0.717, 1.165) is 5.56 Å². The molecule has 2 rings (SSSR count). The molecule has 6 nitrogen and oxygen atoms in total. The minimum atomic E-state index is -0.505. The van der Waals surface area contributed by atoms with Crippen LogP contribution in [0, 0.1) is 0 Å². The first-order valence-electron chi connectivity index (χ1n) is 6.88. The lowest BCUT2D eigenvalue weighted by Crippen LogP contribution is -2.41. The van der Waals surface area contributed by atoms with Crippen LogP contribution >= 0.6 is 0 Å². The smallest absolute Gasteiger partial charge is 0.410 e. The van der Waals surface area contributed by atoms with Gasteiger partial charge in [0.15, 0.2) is 5.78 Å². The molecule has 1 fully saturated rings. The molecular formula is C15H18N2O4. The Hall–Kier alpha value is -2.37. The first-order chi connectivity index (χ1) is 10.2. The van der Waals surface area contributed by atoms with E-state index in [1.54, 1.807) is 0 Å². The third-order valence-corrected chi connectivity index (χ3v) is 3.39. The Morgan fingerprint density at radius 2 is 2.14 bits per heavy atom. The van der Waals surface area contributed by atoms with E-state index in [1.165, 1.54) is 4.90 Å². The van der Waals surface area contributed by atoms with Gasteiger partial charge in [-0.1, -0.05) is 30.3 Å². The summed E-state index contributed by atoms with van der Waals surface area (Å²) in [6.45, 7) is 0.607. The van der Waals surface area contributed by atoms with Crippen molar-refractivity contribution in [3.8, 4) is 0 Å². The summed E-state index contributed by atoms with van der Waals surface area (Å²) in [5.41, 5.74) is 0.896. The van der Waals surface area contributed by atoms with Crippen LogP contribution in [0.3, 0.4) is 0 Å². The Kier molecular flexibility index (Phi) is 5.31. The Bertz CT molecular complexity index is 504. The summed E-state index contributed by atoms with van der Waals surface area (Å²) >= 11 is 0. The molecule has 1 N–H and O–H groups in total. The molecule has 0 aromatic heterocycles. The lowest BCUT2D eigenvalue weighted by atomic mass is 10.1. The molecule has 0 spiro atoms. The van der Waals surface area contributed by atoms with E-state index in [9.17, 15) is 14.4 Å². The van der Waals surface area contributed by atoms with Gasteiger partial charge in [-0.3, -0.25) is 9.59 Å². The average Bonchev–Trinajstić information content (AvgIpc) is 2.69. The van der Waals surface area contributed by atoms with Crippen LogP contribution < -0.4 is 5.32 Å². The second-order valence-corrected chi connectivity index (χ2v) is 4.91. The van der Waals surface area contributed by atoms with Gasteiger partial charge in [0.25, 0.3) is 0 Å². The van der Waals surface area contributed by atoms with Crippen LogP contribution in [-0.2, 0) is 20.9 Å². The number of benzene rings is 1. The number of hydrogen-bond donors (Lipinski definition) is 1. The normalized spacial score (nSPS) is 18.8. The molecule has 2 amide bonds. The summed E-state index contributed by atoms with van der Waals surface area (Å²) < 4.78 is 5.21. The third-order valence-electron chi connectivity index (χ3n) is 3.39. The molecule has 0 aliphatic carbocycles. The minimum absolute atomic E-state index is 0.0286. The number of Topliss-reactive ketones (excluding diaryl/α,β-unsaturated/α-hetero) is 1. The van der Waals surface area contributed by atoms with Crippen LogP contribution in [0.15, 0.2) is 30.3 Å². The minimum Gasteiger partial charge on any atom is -0.445 e. The molecular weight excluding hydrogens is 272 g/mol. The van der Waals surface area contributed by atoms with Gasteiger partial charge in [-0.15, -0.1) is 0 Å². The van der Waals surface area contributed by atoms with Gasteiger partial charge < -0.3 is 15.0 Å². The summed E-state index contributed by atoms with van der Waals surface area (Å²) in [5.74, 6) is -0.170. The molecule has 0 radical (unpaired) electrons. The highest BCUT2D eigenvalue weighted by atomic mass is 16.6. The second kappa shape index (κ2) is 7.42. The highest BCUT2D eigenvalue weighted by Crippen LogP contribution is 2.10. The molecule has 6 heteroatoms. The molecule has 1 atom stereocenters. The lowest BCUT2D eigenvalue weighted by molar-refractivity contribution is -0.123. The quantitative estimate of drug-likeness (QED) is 0.843. The molecule has 1 saturated heterocycles. The number of carbonyl (C=O) groups excluding carboxylic acids is 3. The number of amides is 2. The summed E-state index contributed by atoms with van der Waals surface area (Å²) in [4.78, 5) is 35.7. The van der Waals surface area contributed by atoms with Crippen LogP contribution in [0.1, 0.15) is 18.4 Å². The predicted octanol–water partition coefficient (Wildman–Crippen LogP) is 1.10. The molecule has 21 heavy (non-hydrogen) atoms. The first-order valence-corrected chi connectivity index (χ1v) is 6.88. The molecule has 1 unspecified atom stereocenters. The molecule has 1 aliphatic heterocycles. The summed E-state index contributed by atoms with van der Waals surface area (Å²) in [6, 6.07) is 8.85. The number of hydrogen-bond acceptors (Lipinski definition) is 4. The molecule has 1 heterocycles. The maximum atomic E-state index is 12.0. The van der Waals surface area contributed by atoms with Crippen molar-refractivity contribution in [2.24, 2.45) is 0 Å². The predicted molar refractivity (Wildman–Crippen MR) is 75.4 cm³/mol. The average molecular weight is 290 g/mol. The number of rotatable bonds is 4. The molecule has 112 valence electrons. The molecule has 0 saturated carbocycles. The maximum absolute atomic E-state index is 12.0. The van der Waals surface area contributed by atoms with E-state index in [4.69, 9.17) is 4.74 Å². The van der Waals surface area contributed by atoms with Crippen LogP contribution in [0.25, 0.3) is 0 Å². The van der Waals surface area contributed by atoms with Crippen molar-refractivity contribution in [1.82, 2.24) is 10.2 Å². The summed E-state index contributed by atoms with van der Waals surface area (Å²) in [7, 11) is 0. The van der Waals surface area contributed by atoms with Gasteiger partial charge in [0.2, 0.25) is 6.41 Å². The zero-order valence-electron chi connectivity index (χ0n) is 11.7. The number of carbonyl (C=O) groups is 3. The topological polar surface area (TPSA) is 75.7 Å². The fraction of sp³-hybridized carbons (Fsp3) is 0.400. The fourth-order valence-corrected chi connectivity index (χ4v) is 2.25. The van der Waals surface area contributed by atoms with Crippen molar-refractivity contribution in [2.75, 3.05) is 13.1 Å². The van der Waals surface area contributed by atoms with Crippen molar-refractivity contribution in [3.63, 3.8) is 0 Å². The van der Waals surface area contributed by atoms with E-state index in [0.29, 0.717) is 25.8 Å². The van der Waals surface area contributed by atoms with Gasteiger partial charge in [-0.05, 0) is 18.4 Å². The SMILES string of the molecule is O=CNC1CCCN(C(=O)OCc2ccccc2)CC1=O. The Balaban J connectivity index is 1.87. The monoisotopic (exact) mass is 290 g/mol. The van der Waals surface area contributed by atoms with Crippen molar-refractivity contribution in [2.45, 2.75) is 25.5 Å². The van der Waals surface area contributed by atoms with Gasteiger partial charge in [0.1, 0.15) is 6.61 Å². The Labute approximate surface area is 123 Å². The van der Waals surface area contributed by atoms with Gasteiger partial charge in [-0.2, -0.15) is 0 Å². The third kappa shape index (κ3) is 4.30. The molecule has 1 aliphatic rings. The van der Waals surface area contributed by atoms with Gasteiger partial charge in [0, 0.05) is 6.54 Å². The zero-order valence-corrected chi connectivity index (χ0v) is 11.7. The van der Waals surface area contributed by atoms with Gasteiger partial charge in [-0.25, -0.2) is 4.79 Å². The maximum Gasteiger partial charge on any atom is 0.410 e. The van der Waals surface area contributed by atoms with Crippen molar-refractivity contribution in [1.29, 1.82) is 0 Å². The number of nitrogens with one attached hydrogen (secondary N) is 1. The fourth-order valence-electron chi connectivity index (χ4n) is 2.25. The van der Waals surface area contributed by atoms with Gasteiger partial charge in [0.05, 0.1) is 12.6 Å². The number of ketones is 1. The second-order valence-electron chi connectivity index (χ2n) is 4.91. The molecule has 1 aromatic rings. The highest BCUT2D eigenvalue weighted by Gasteiger charge is 2.27. The largest absolute Gasteiger partial charge is 0.445 e. The molecule has 1 aromatic carbocycles. The van der Waals surface area contributed by atoms with Crippen LogP contribution in [-0.4, -0.2) is 42.3 Å². The van der Waals surface area contributed by atoms with Crippen molar-refractivity contribution < 1.29 is 19.1 Å². The van der Waals surface area contributed by atoms with E-state index < -0.39 is 12.1 Å². The highest BCUT2D eigenvalue weighted by molar-refractivity contribution is 5.90. The number of nitrogens with zero attached hydrogens (tertiary/aromatic N) is 1. The standard InChI is InChI=1S/C15H18N2O4/c18-11-16-13-7-4-8-17(9-14(13)19)15(20)21-10-12-5-2-1-3-6-12/h1-3,5-6,11,13H,4,7-10H2,(H,16,18). The van der Waals surface area contributed by atoms with E-state index >= 15 is 0 Å². The first kappa shape index (κ1) is 15.0. The van der Waals surface area contributed by atoms with Gasteiger partial charge >= 0.3 is 6.09 Å². The van der Waals surface area contributed by atoms with Crippen LogP contribution in [0.4, 0.5) is 4.79 Å². The summed E-state index contributed by atoms with van der Waals surface area (Å²) in [6.07, 6.45) is 1.21. The Morgan fingerprint density at radius 1 is 1.38 bits per heavy atom. The Morgan fingerprint density at radius 3 is 2.86 bits per heavy atom. The van der Waals surface area contributed by atoms with E-state index in [-0.39, 0.29) is 18.9 Å². The summed E-state index contributed by atoms with van der Waals surface area (Å²) in [5, 5.41) is 2.48. The van der Waals surface area contributed by atoms with E-state index in [1.807, 2.05) is 30.3 Å². The number of likely N-dealkylation sites (tertiary alicyclic amines) is 1.